The molecule has 0 aliphatic rings. The van der Waals surface area contributed by atoms with Crippen LogP contribution in [0.25, 0.3) is 0 Å². The van der Waals surface area contributed by atoms with Gasteiger partial charge in [-0.05, 0) is 27.2 Å². The molecular weight excluding hydrogens is 214 g/mol. The number of unbranched alkanes of at least 4 members (excludes halogenated alkanes) is 1. The Morgan fingerprint density at radius 1 is 1.24 bits per heavy atom. The fourth-order valence-electron chi connectivity index (χ4n) is 1.19. The van der Waals surface area contributed by atoms with Crippen molar-refractivity contribution in [2.75, 3.05) is 6.61 Å². The highest BCUT2D eigenvalue weighted by molar-refractivity contribution is 5.07. The summed E-state index contributed by atoms with van der Waals surface area (Å²) in [6.07, 6.45) is 5.63. The van der Waals surface area contributed by atoms with Gasteiger partial charge in [-0.2, -0.15) is 0 Å². The van der Waals surface area contributed by atoms with Crippen LogP contribution in [0.1, 0.15) is 46.2 Å². The van der Waals surface area contributed by atoms with Crippen molar-refractivity contribution in [2.45, 2.75) is 52.6 Å². The first-order valence-electron chi connectivity index (χ1n) is 6.20. The Morgan fingerprint density at radius 2 is 2.00 bits per heavy atom. The quantitative estimate of drug-likeness (QED) is 0.772. The Hall–Kier alpha value is -1.16. The second kappa shape index (κ2) is 6.55. The van der Waals surface area contributed by atoms with Crippen LogP contribution in [-0.2, 0) is 6.54 Å². The predicted molar refractivity (Wildman–Crippen MR) is 69.0 cm³/mol. The van der Waals surface area contributed by atoms with Crippen molar-refractivity contribution in [3.63, 3.8) is 0 Å². The minimum Gasteiger partial charge on any atom is -0.477 e. The van der Waals surface area contributed by atoms with Crippen molar-refractivity contribution in [3.05, 3.63) is 18.1 Å². The van der Waals surface area contributed by atoms with E-state index in [0.717, 1.165) is 25.1 Å². The highest BCUT2D eigenvalue weighted by Crippen LogP contribution is 2.06. The van der Waals surface area contributed by atoms with Gasteiger partial charge < -0.3 is 10.1 Å². The summed E-state index contributed by atoms with van der Waals surface area (Å²) in [5.41, 5.74) is 1.03. The summed E-state index contributed by atoms with van der Waals surface area (Å²) in [7, 11) is 0. The molecule has 4 heteroatoms. The average molecular weight is 237 g/mol. The zero-order chi connectivity index (χ0) is 12.7. The smallest absolute Gasteiger partial charge is 0.232 e. The number of rotatable bonds is 6. The van der Waals surface area contributed by atoms with Crippen LogP contribution in [0.4, 0.5) is 0 Å². The lowest BCUT2D eigenvalue weighted by molar-refractivity contribution is 0.296. The molecule has 0 saturated heterocycles. The monoisotopic (exact) mass is 237 g/mol. The molecule has 0 amide bonds. The summed E-state index contributed by atoms with van der Waals surface area (Å²) in [5.74, 6) is 0.609. The summed E-state index contributed by atoms with van der Waals surface area (Å²) >= 11 is 0. The summed E-state index contributed by atoms with van der Waals surface area (Å²) in [4.78, 5) is 8.54. The van der Waals surface area contributed by atoms with Crippen LogP contribution >= 0.6 is 0 Å². The topological polar surface area (TPSA) is 47.0 Å². The van der Waals surface area contributed by atoms with Gasteiger partial charge in [0.05, 0.1) is 24.7 Å². The highest BCUT2D eigenvalue weighted by Gasteiger charge is 2.08. The van der Waals surface area contributed by atoms with Crippen LogP contribution in [0.5, 0.6) is 5.88 Å². The second-order valence-corrected chi connectivity index (χ2v) is 5.15. The van der Waals surface area contributed by atoms with E-state index in [0.29, 0.717) is 12.5 Å². The maximum Gasteiger partial charge on any atom is 0.232 e. The van der Waals surface area contributed by atoms with Gasteiger partial charge in [0.2, 0.25) is 5.88 Å². The molecule has 0 atom stereocenters. The number of aromatic nitrogens is 2. The van der Waals surface area contributed by atoms with Crippen molar-refractivity contribution >= 4 is 0 Å². The van der Waals surface area contributed by atoms with E-state index >= 15 is 0 Å². The molecular formula is C13H23N3O. The fraction of sp³-hybridized carbons (Fsp3) is 0.692. The molecule has 0 bridgehead atoms. The lowest BCUT2D eigenvalue weighted by atomic mass is 10.1. The first kappa shape index (κ1) is 13.9. The van der Waals surface area contributed by atoms with Crippen molar-refractivity contribution in [3.8, 4) is 5.88 Å². The van der Waals surface area contributed by atoms with E-state index in [9.17, 15) is 0 Å². The molecule has 1 rings (SSSR count). The average Bonchev–Trinajstić information content (AvgIpc) is 2.27. The third-order valence-corrected chi connectivity index (χ3v) is 2.23. The van der Waals surface area contributed by atoms with Crippen molar-refractivity contribution in [2.24, 2.45) is 0 Å². The number of hydrogen-bond donors (Lipinski definition) is 1. The van der Waals surface area contributed by atoms with Gasteiger partial charge >= 0.3 is 0 Å². The molecule has 96 valence electrons. The molecule has 0 radical (unpaired) electrons. The fourth-order valence-corrected chi connectivity index (χ4v) is 1.19. The zero-order valence-corrected chi connectivity index (χ0v) is 11.3. The lowest BCUT2D eigenvalue weighted by Gasteiger charge is -2.19. The standard InChI is InChI=1S/C13H23N3O/c1-5-6-7-17-12-10-14-11(8-15-12)9-16-13(2,3)4/h8,10,16H,5-7,9H2,1-4H3. The first-order chi connectivity index (χ1) is 8.01. The minimum atomic E-state index is 0.0952. The Kier molecular flexibility index (Phi) is 5.35. The molecule has 1 aromatic heterocycles. The molecule has 0 aliphatic heterocycles. The largest absolute Gasteiger partial charge is 0.477 e. The maximum atomic E-state index is 5.45. The molecule has 1 N–H and O–H groups in total. The van der Waals surface area contributed by atoms with Gasteiger partial charge in [0.15, 0.2) is 0 Å². The molecule has 0 aliphatic carbocycles. The molecule has 0 aromatic carbocycles. The Bertz CT molecular complexity index is 316. The van der Waals surface area contributed by atoms with Gasteiger partial charge in [-0.3, -0.25) is 4.98 Å². The first-order valence-corrected chi connectivity index (χ1v) is 6.20. The molecule has 17 heavy (non-hydrogen) atoms. The maximum absolute atomic E-state index is 5.45. The Balaban J connectivity index is 2.39. The van der Waals surface area contributed by atoms with E-state index in [1.165, 1.54) is 0 Å². The van der Waals surface area contributed by atoms with E-state index in [1.807, 2.05) is 0 Å². The van der Waals surface area contributed by atoms with Crippen molar-refractivity contribution in [1.29, 1.82) is 0 Å². The molecule has 1 heterocycles. The Morgan fingerprint density at radius 3 is 2.53 bits per heavy atom. The van der Waals surface area contributed by atoms with Gasteiger partial charge in [-0.15, -0.1) is 0 Å². The molecule has 0 spiro atoms. The summed E-state index contributed by atoms with van der Waals surface area (Å²) in [6, 6.07) is 0. The number of nitrogens with one attached hydrogen (secondary N) is 1. The third kappa shape index (κ3) is 6.22. The molecule has 1 aromatic rings. The lowest BCUT2D eigenvalue weighted by Crippen LogP contribution is -2.35. The van der Waals surface area contributed by atoms with Crippen LogP contribution < -0.4 is 10.1 Å². The van der Waals surface area contributed by atoms with Crippen LogP contribution in [0.2, 0.25) is 0 Å². The van der Waals surface area contributed by atoms with Gasteiger partial charge in [-0.1, -0.05) is 13.3 Å². The summed E-state index contributed by atoms with van der Waals surface area (Å²) in [6.45, 7) is 9.96. The summed E-state index contributed by atoms with van der Waals surface area (Å²) in [5, 5.41) is 3.37. The molecule has 4 nitrogen and oxygen atoms in total. The van der Waals surface area contributed by atoms with Crippen LogP contribution in [-0.4, -0.2) is 22.1 Å². The second-order valence-electron chi connectivity index (χ2n) is 5.15. The molecule has 0 saturated carbocycles. The van der Waals surface area contributed by atoms with Gasteiger partial charge in [0.1, 0.15) is 0 Å². The van der Waals surface area contributed by atoms with E-state index in [2.05, 4.69) is 43.0 Å². The van der Waals surface area contributed by atoms with Gasteiger partial charge in [0, 0.05) is 12.1 Å². The number of hydrogen-bond acceptors (Lipinski definition) is 4. The molecule has 0 fully saturated rings. The van der Waals surface area contributed by atoms with E-state index in [1.54, 1.807) is 12.4 Å². The number of nitrogens with zero attached hydrogens (tertiary/aromatic N) is 2. The Labute approximate surface area is 104 Å². The minimum absolute atomic E-state index is 0.0952. The van der Waals surface area contributed by atoms with Crippen LogP contribution in [0.15, 0.2) is 12.4 Å². The SMILES string of the molecule is CCCCOc1cnc(CNC(C)(C)C)cn1. The van der Waals surface area contributed by atoms with Gasteiger partial charge in [-0.25, -0.2) is 4.98 Å². The van der Waals surface area contributed by atoms with E-state index in [-0.39, 0.29) is 5.54 Å². The predicted octanol–water partition coefficient (Wildman–Crippen LogP) is 2.54. The molecule has 0 unspecified atom stereocenters. The zero-order valence-electron chi connectivity index (χ0n) is 11.3. The van der Waals surface area contributed by atoms with Crippen molar-refractivity contribution < 1.29 is 4.74 Å². The van der Waals surface area contributed by atoms with E-state index in [4.69, 9.17) is 4.74 Å². The third-order valence-electron chi connectivity index (χ3n) is 2.23. The highest BCUT2D eigenvalue weighted by atomic mass is 16.5. The van der Waals surface area contributed by atoms with E-state index < -0.39 is 0 Å². The van der Waals surface area contributed by atoms with Crippen LogP contribution in [0.3, 0.4) is 0 Å². The normalized spacial score (nSPS) is 11.5. The number of ether oxygens (including phenoxy) is 1. The van der Waals surface area contributed by atoms with Gasteiger partial charge in [0.25, 0.3) is 0 Å². The summed E-state index contributed by atoms with van der Waals surface area (Å²) < 4.78 is 5.45. The van der Waals surface area contributed by atoms with Crippen molar-refractivity contribution in [1.82, 2.24) is 15.3 Å². The van der Waals surface area contributed by atoms with Crippen LogP contribution in [0, 0.1) is 0 Å².